The van der Waals surface area contributed by atoms with Gasteiger partial charge in [0.25, 0.3) is 0 Å². The van der Waals surface area contributed by atoms with Gasteiger partial charge in [0.1, 0.15) is 5.82 Å². The number of Topliss-reactive ketones (excluding diaryl/α,β-unsaturated/α-hetero) is 1. The second-order valence-electron chi connectivity index (χ2n) is 4.63. The van der Waals surface area contributed by atoms with Gasteiger partial charge in [0, 0.05) is 23.7 Å². The van der Waals surface area contributed by atoms with Crippen molar-refractivity contribution in [3.63, 3.8) is 0 Å². The average molecular weight is 297 g/mol. The Kier molecular flexibility index (Phi) is 3.88. The lowest BCUT2D eigenvalue weighted by atomic mass is 10.1. The summed E-state index contributed by atoms with van der Waals surface area (Å²) in [7, 11) is 0. The van der Waals surface area contributed by atoms with E-state index in [0.29, 0.717) is 11.3 Å². The van der Waals surface area contributed by atoms with Gasteiger partial charge in [-0.3, -0.25) is 9.78 Å². The van der Waals surface area contributed by atoms with E-state index >= 15 is 0 Å². The molecule has 0 aliphatic rings. The van der Waals surface area contributed by atoms with E-state index in [0.717, 1.165) is 16.0 Å². The summed E-state index contributed by atoms with van der Waals surface area (Å²) >= 11 is 1.39. The number of ketones is 1. The Balaban J connectivity index is 1.80. The van der Waals surface area contributed by atoms with Gasteiger partial charge < -0.3 is 0 Å². The lowest BCUT2D eigenvalue weighted by Crippen LogP contribution is -2.00. The lowest BCUT2D eigenvalue weighted by Gasteiger charge is -1.99. The maximum absolute atomic E-state index is 13.2. The first-order valence-corrected chi connectivity index (χ1v) is 7.32. The summed E-state index contributed by atoms with van der Waals surface area (Å²) < 4.78 is 13.2. The van der Waals surface area contributed by atoms with Gasteiger partial charge in [-0.05, 0) is 47.5 Å². The fourth-order valence-corrected chi connectivity index (χ4v) is 3.00. The molecule has 2 heterocycles. The number of hydrogen-bond donors (Lipinski definition) is 0. The number of halogens is 1. The smallest absolute Gasteiger partial charge is 0.177 e. The Morgan fingerprint density at radius 3 is 2.67 bits per heavy atom. The van der Waals surface area contributed by atoms with E-state index in [-0.39, 0.29) is 11.6 Å². The standard InChI is InChI=1S/C17H12FNOS/c18-14-3-1-2-13(11-14)16-4-5-17(21-16)15(20)10-12-6-8-19-9-7-12/h1-9,11H,10H2. The molecule has 0 unspecified atom stereocenters. The number of aromatic nitrogens is 1. The van der Waals surface area contributed by atoms with Crippen molar-refractivity contribution in [2.75, 3.05) is 0 Å². The molecule has 0 amide bonds. The lowest BCUT2D eigenvalue weighted by molar-refractivity contribution is 0.0997. The van der Waals surface area contributed by atoms with Crippen LogP contribution in [-0.2, 0) is 6.42 Å². The van der Waals surface area contributed by atoms with Gasteiger partial charge in [0.05, 0.1) is 4.88 Å². The largest absolute Gasteiger partial charge is 0.293 e. The summed E-state index contributed by atoms with van der Waals surface area (Å²) in [6.07, 6.45) is 3.70. The first-order chi connectivity index (χ1) is 10.2. The van der Waals surface area contributed by atoms with Crippen LogP contribution in [0, 0.1) is 5.82 Å². The molecule has 21 heavy (non-hydrogen) atoms. The number of carbonyl (C=O) groups excluding carboxylic acids is 1. The van der Waals surface area contributed by atoms with Crippen LogP contribution < -0.4 is 0 Å². The molecule has 2 nitrogen and oxygen atoms in total. The van der Waals surface area contributed by atoms with Gasteiger partial charge in [0.2, 0.25) is 0 Å². The third-order valence-corrected chi connectivity index (χ3v) is 4.28. The SMILES string of the molecule is O=C(Cc1ccncc1)c1ccc(-c2cccc(F)c2)s1. The molecule has 0 N–H and O–H groups in total. The number of benzene rings is 1. The van der Waals surface area contributed by atoms with E-state index in [1.54, 1.807) is 24.5 Å². The molecular weight excluding hydrogens is 285 g/mol. The third kappa shape index (κ3) is 3.23. The minimum atomic E-state index is -0.273. The van der Waals surface area contributed by atoms with Gasteiger partial charge in [-0.1, -0.05) is 12.1 Å². The molecule has 0 radical (unpaired) electrons. The predicted molar refractivity (Wildman–Crippen MR) is 82.0 cm³/mol. The Morgan fingerprint density at radius 2 is 1.90 bits per heavy atom. The number of carbonyl (C=O) groups is 1. The first-order valence-electron chi connectivity index (χ1n) is 6.50. The van der Waals surface area contributed by atoms with Crippen LogP contribution in [0.1, 0.15) is 15.2 Å². The van der Waals surface area contributed by atoms with Gasteiger partial charge in [0.15, 0.2) is 5.78 Å². The summed E-state index contributed by atoms with van der Waals surface area (Å²) in [6, 6.07) is 13.7. The molecule has 0 saturated carbocycles. The van der Waals surface area contributed by atoms with Crippen LogP contribution in [-0.4, -0.2) is 10.8 Å². The quantitative estimate of drug-likeness (QED) is 0.669. The van der Waals surface area contributed by atoms with E-state index in [1.807, 2.05) is 24.3 Å². The van der Waals surface area contributed by atoms with Crippen LogP contribution in [0.25, 0.3) is 10.4 Å². The molecule has 0 aliphatic heterocycles. The number of rotatable bonds is 4. The molecule has 2 aromatic heterocycles. The minimum Gasteiger partial charge on any atom is -0.293 e. The fourth-order valence-electron chi connectivity index (χ4n) is 2.06. The van der Waals surface area contributed by atoms with E-state index in [1.165, 1.54) is 23.5 Å². The van der Waals surface area contributed by atoms with Crippen LogP contribution >= 0.6 is 11.3 Å². The van der Waals surface area contributed by atoms with Gasteiger partial charge >= 0.3 is 0 Å². The highest BCUT2D eigenvalue weighted by Crippen LogP contribution is 2.29. The molecule has 4 heteroatoms. The third-order valence-electron chi connectivity index (χ3n) is 3.10. The molecule has 0 bridgehead atoms. The van der Waals surface area contributed by atoms with Crippen LogP contribution in [0.3, 0.4) is 0 Å². The summed E-state index contributed by atoms with van der Waals surface area (Å²) in [5.74, 6) is -0.209. The predicted octanol–water partition coefficient (Wildman–Crippen LogP) is 4.37. The van der Waals surface area contributed by atoms with Crippen molar-refractivity contribution in [3.05, 3.63) is 77.2 Å². The van der Waals surface area contributed by atoms with Crippen molar-refractivity contribution in [2.45, 2.75) is 6.42 Å². The van der Waals surface area contributed by atoms with E-state index in [4.69, 9.17) is 0 Å². The van der Waals surface area contributed by atoms with Crippen molar-refractivity contribution < 1.29 is 9.18 Å². The highest BCUT2D eigenvalue weighted by atomic mass is 32.1. The first kappa shape index (κ1) is 13.6. The Labute approximate surface area is 125 Å². The van der Waals surface area contributed by atoms with Crippen LogP contribution in [0.2, 0.25) is 0 Å². The second-order valence-corrected chi connectivity index (χ2v) is 5.71. The zero-order valence-corrected chi connectivity index (χ0v) is 11.9. The Bertz CT molecular complexity index is 767. The maximum atomic E-state index is 13.2. The van der Waals surface area contributed by atoms with Gasteiger partial charge in [-0.2, -0.15) is 0 Å². The van der Waals surface area contributed by atoms with Crippen molar-refractivity contribution >= 4 is 17.1 Å². The molecule has 1 aromatic carbocycles. The Hall–Kier alpha value is -2.33. The number of nitrogens with zero attached hydrogens (tertiary/aromatic N) is 1. The normalized spacial score (nSPS) is 10.5. The molecule has 0 fully saturated rings. The molecule has 0 atom stereocenters. The minimum absolute atomic E-state index is 0.0638. The summed E-state index contributed by atoms with van der Waals surface area (Å²) in [5, 5.41) is 0. The summed E-state index contributed by atoms with van der Waals surface area (Å²) in [6.45, 7) is 0. The summed E-state index contributed by atoms with van der Waals surface area (Å²) in [5.41, 5.74) is 1.73. The van der Waals surface area contributed by atoms with Crippen LogP contribution in [0.15, 0.2) is 60.9 Å². The van der Waals surface area contributed by atoms with Crippen LogP contribution in [0.4, 0.5) is 4.39 Å². The van der Waals surface area contributed by atoms with Gasteiger partial charge in [-0.25, -0.2) is 4.39 Å². The summed E-state index contributed by atoms with van der Waals surface area (Å²) in [4.78, 5) is 17.8. The number of thiophene rings is 1. The van der Waals surface area contributed by atoms with Crippen molar-refractivity contribution in [1.29, 1.82) is 0 Å². The maximum Gasteiger partial charge on any atom is 0.177 e. The average Bonchev–Trinajstić information content (AvgIpc) is 2.98. The number of pyridine rings is 1. The second kappa shape index (κ2) is 5.97. The topological polar surface area (TPSA) is 30.0 Å². The Morgan fingerprint density at radius 1 is 1.10 bits per heavy atom. The van der Waals surface area contributed by atoms with Gasteiger partial charge in [-0.15, -0.1) is 11.3 Å². The highest BCUT2D eigenvalue weighted by Gasteiger charge is 2.11. The molecule has 104 valence electrons. The van der Waals surface area contributed by atoms with Crippen LogP contribution in [0.5, 0.6) is 0 Å². The van der Waals surface area contributed by atoms with E-state index < -0.39 is 0 Å². The zero-order valence-electron chi connectivity index (χ0n) is 11.1. The molecule has 0 aliphatic carbocycles. The molecule has 0 spiro atoms. The van der Waals surface area contributed by atoms with E-state index in [9.17, 15) is 9.18 Å². The van der Waals surface area contributed by atoms with E-state index in [2.05, 4.69) is 4.98 Å². The van der Waals surface area contributed by atoms with Crippen molar-refractivity contribution in [2.24, 2.45) is 0 Å². The van der Waals surface area contributed by atoms with Crippen molar-refractivity contribution in [3.8, 4) is 10.4 Å². The highest BCUT2D eigenvalue weighted by molar-refractivity contribution is 7.17. The molecule has 3 rings (SSSR count). The van der Waals surface area contributed by atoms with Crippen molar-refractivity contribution in [1.82, 2.24) is 4.98 Å². The molecule has 3 aromatic rings. The molecular formula is C17H12FNOS. The molecule has 0 saturated heterocycles. The fraction of sp³-hybridized carbons (Fsp3) is 0.0588. The number of hydrogen-bond acceptors (Lipinski definition) is 3. The monoisotopic (exact) mass is 297 g/mol. The zero-order chi connectivity index (χ0) is 14.7.